The minimum Gasteiger partial charge on any atom is -0.462 e. The van der Waals surface area contributed by atoms with Gasteiger partial charge >= 0.3 is 11.9 Å². The number of aliphatic hydroxyl groups is 4. The quantitative estimate of drug-likeness (QED) is 0.141. The maximum Gasteiger partial charge on any atom is 0.309 e. The van der Waals surface area contributed by atoms with Crippen molar-refractivity contribution >= 4 is 11.9 Å². The van der Waals surface area contributed by atoms with Gasteiger partial charge in [-0.1, -0.05) is 27.7 Å². The molecular formula is C49H82O17. The molecule has 4 N–H and O–H groups in total. The lowest BCUT2D eigenvalue weighted by atomic mass is 9.42. The number of aliphatic hydroxyl groups excluding tert-OH is 2. The van der Waals surface area contributed by atoms with Gasteiger partial charge in [-0.15, -0.1) is 0 Å². The van der Waals surface area contributed by atoms with Crippen LogP contribution >= 0.6 is 0 Å². The van der Waals surface area contributed by atoms with Crippen LogP contribution in [0.15, 0.2) is 0 Å². The second-order valence-corrected chi connectivity index (χ2v) is 21.5. The van der Waals surface area contributed by atoms with Crippen LogP contribution in [0, 0.1) is 34.5 Å². The first kappa shape index (κ1) is 52.2. The van der Waals surface area contributed by atoms with Gasteiger partial charge in [-0.2, -0.15) is 0 Å². The molecule has 7 rings (SSSR count). The summed E-state index contributed by atoms with van der Waals surface area (Å²) in [5, 5.41) is 47.0. The summed E-state index contributed by atoms with van der Waals surface area (Å²) in [6, 6.07) is 0. The summed E-state index contributed by atoms with van der Waals surface area (Å²) in [5.74, 6) is -1.02. The predicted molar refractivity (Wildman–Crippen MR) is 235 cm³/mol. The lowest BCUT2D eigenvalue weighted by Gasteiger charge is -2.66. The van der Waals surface area contributed by atoms with E-state index in [1.807, 2.05) is 27.7 Å². The maximum absolute atomic E-state index is 13.0. The minimum atomic E-state index is -1.61. The first-order chi connectivity index (χ1) is 31.1. The summed E-state index contributed by atoms with van der Waals surface area (Å²) in [7, 11) is 4.67. The molecule has 4 aliphatic carbocycles. The van der Waals surface area contributed by atoms with Gasteiger partial charge in [0.2, 0.25) is 0 Å². The third-order valence-electron chi connectivity index (χ3n) is 18.2. The van der Waals surface area contributed by atoms with Gasteiger partial charge in [-0.25, -0.2) is 0 Å². The number of hydrogen-bond donors (Lipinski definition) is 4. The average Bonchev–Trinajstić information content (AvgIpc) is 3.50. The molecule has 0 aromatic carbocycles. The highest BCUT2D eigenvalue weighted by Crippen LogP contribution is 2.71. The van der Waals surface area contributed by atoms with Gasteiger partial charge in [0, 0.05) is 41.1 Å². The molecule has 17 nitrogen and oxygen atoms in total. The topological polar surface area (TPSA) is 217 Å². The standard InChI is InChI=1S/C49H82O17/c1-13-24(2)44(53)62-28(6)48(54)18-19-49(55)32-15-14-30-20-31(16-17-46(30,8)33(32)21-36(47(48,49)9)63-29(7)50)64-37-22-34(56-10)41(26(4)59-37)65-38-23-35(57-11)42(27(5)60-38)66-45-40(52)43(58-12)39(51)25(3)61-45/h24-28,30-43,45,51-52,54-55H,13-23H2,1-12H3/t24-,25-,26-,27-,28+,30+,31+,32-,33+,34+,35-,36-,37+,38+,39-,40-,41-,42-,43+,45+,46+,47-,48-,49+/m1/s1. The second-order valence-electron chi connectivity index (χ2n) is 21.5. The van der Waals surface area contributed by atoms with Crippen molar-refractivity contribution in [2.24, 2.45) is 34.5 Å². The SMILES string of the molecule is CC[C@@H](C)C(=O)O[C@@H](C)[C@]1(O)CC[C@]2(O)[C@@H]3CC[C@H]4C[C@@H](O[C@H]5C[C@H](OC)[C@H](O[C@H]6C[C@@H](OC)[C@H](O[C@@H]7O[C@H](C)[C@@H](O)[C@H](OC)[C@H]7O)[C@@H](C)O6)[C@@H](C)O5)CC[C@]4(C)[C@H]3C[C@@H](OC(C)=O)[C@]12C. The predicted octanol–water partition coefficient (Wildman–Crippen LogP) is 4.33. The first-order valence-corrected chi connectivity index (χ1v) is 24.8. The van der Waals surface area contributed by atoms with Crippen LogP contribution in [-0.2, 0) is 61.7 Å². The second kappa shape index (κ2) is 20.3. The van der Waals surface area contributed by atoms with Crippen molar-refractivity contribution in [1.82, 2.24) is 0 Å². The van der Waals surface area contributed by atoms with E-state index < -0.39 is 109 Å². The van der Waals surface area contributed by atoms with Crippen LogP contribution in [0.25, 0.3) is 0 Å². The van der Waals surface area contributed by atoms with E-state index in [2.05, 4.69) is 6.92 Å². The summed E-state index contributed by atoms with van der Waals surface area (Å²) in [6.07, 6.45) is -4.11. The van der Waals surface area contributed by atoms with Gasteiger partial charge in [0.25, 0.3) is 0 Å². The molecule has 3 heterocycles. The van der Waals surface area contributed by atoms with Gasteiger partial charge in [-0.3, -0.25) is 9.59 Å². The Hall–Kier alpha value is -1.58. The van der Waals surface area contributed by atoms with E-state index in [1.165, 1.54) is 14.0 Å². The van der Waals surface area contributed by atoms with Crippen LogP contribution in [-0.4, -0.2) is 163 Å². The largest absolute Gasteiger partial charge is 0.462 e. The van der Waals surface area contributed by atoms with Crippen molar-refractivity contribution in [3.8, 4) is 0 Å². The van der Waals surface area contributed by atoms with E-state index in [0.717, 1.165) is 32.1 Å². The molecule has 0 amide bonds. The van der Waals surface area contributed by atoms with E-state index in [4.69, 9.17) is 52.1 Å². The Kier molecular flexibility index (Phi) is 16.0. The van der Waals surface area contributed by atoms with Crippen molar-refractivity contribution in [2.75, 3.05) is 21.3 Å². The summed E-state index contributed by atoms with van der Waals surface area (Å²) in [4.78, 5) is 25.8. The zero-order valence-electron chi connectivity index (χ0n) is 41.4. The smallest absolute Gasteiger partial charge is 0.309 e. The molecule has 4 saturated carbocycles. The number of rotatable bonds is 14. The van der Waals surface area contributed by atoms with Crippen molar-refractivity contribution < 1.29 is 82.1 Å². The molecular weight excluding hydrogens is 861 g/mol. The Balaban J connectivity index is 0.971. The van der Waals surface area contributed by atoms with Crippen molar-refractivity contribution in [3.05, 3.63) is 0 Å². The molecule has 0 aromatic heterocycles. The van der Waals surface area contributed by atoms with Gasteiger partial charge in [0.05, 0.1) is 53.6 Å². The normalized spacial score (nSPS) is 50.3. The number of esters is 2. The molecule has 3 aliphatic heterocycles. The number of fused-ring (bicyclic) bond motifs is 5. The molecule has 24 atom stereocenters. The summed E-state index contributed by atoms with van der Waals surface area (Å²) in [5.41, 5.74) is -4.41. The molecule has 7 fully saturated rings. The third kappa shape index (κ3) is 9.15. The number of carbonyl (C=O) groups excluding carboxylic acids is 2. The van der Waals surface area contributed by atoms with E-state index in [1.54, 1.807) is 35.0 Å². The van der Waals surface area contributed by atoms with Crippen molar-refractivity contribution in [2.45, 2.75) is 242 Å². The minimum absolute atomic E-state index is 0.0267. The van der Waals surface area contributed by atoms with Crippen molar-refractivity contribution in [3.63, 3.8) is 0 Å². The first-order valence-electron chi connectivity index (χ1n) is 24.8. The summed E-state index contributed by atoms with van der Waals surface area (Å²) < 4.78 is 67.6. The fourth-order valence-electron chi connectivity index (χ4n) is 13.9. The zero-order valence-corrected chi connectivity index (χ0v) is 41.4. The molecule has 17 heteroatoms. The molecule has 0 aromatic rings. The van der Waals surface area contributed by atoms with E-state index in [9.17, 15) is 30.0 Å². The van der Waals surface area contributed by atoms with Crippen LogP contribution in [0.5, 0.6) is 0 Å². The Morgan fingerprint density at radius 3 is 1.92 bits per heavy atom. The molecule has 0 bridgehead atoms. The Bertz CT molecular complexity index is 1670. The molecule has 66 heavy (non-hydrogen) atoms. The van der Waals surface area contributed by atoms with Crippen LogP contribution in [0.4, 0.5) is 0 Å². The molecule has 0 spiro atoms. The lowest BCUT2D eigenvalue weighted by molar-refractivity contribution is -0.352. The Morgan fingerprint density at radius 1 is 0.712 bits per heavy atom. The van der Waals surface area contributed by atoms with Gasteiger partial charge < -0.3 is 72.5 Å². The van der Waals surface area contributed by atoms with Crippen molar-refractivity contribution in [1.29, 1.82) is 0 Å². The fraction of sp³-hybridized carbons (Fsp3) is 0.959. The zero-order chi connectivity index (χ0) is 48.3. The molecule has 7 aliphatic rings. The molecule has 0 unspecified atom stereocenters. The van der Waals surface area contributed by atoms with E-state index >= 15 is 0 Å². The number of ether oxygens (including phenoxy) is 11. The summed E-state index contributed by atoms with van der Waals surface area (Å²) in [6.45, 7) is 16.5. The highest BCUT2D eigenvalue weighted by atomic mass is 16.8. The lowest BCUT2D eigenvalue weighted by Crippen LogP contribution is -2.72. The van der Waals surface area contributed by atoms with Crippen LogP contribution in [0.1, 0.15) is 133 Å². The molecule has 0 radical (unpaired) electrons. The monoisotopic (exact) mass is 943 g/mol. The van der Waals surface area contributed by atoms with Crippen LogP contribution in [0.2, 0.25) is 0 Å². The Morgan fingerprint density at radius 2 is 1.33 bits per heavy atom. The van der Waals surface area contributed by atoms with Crippen LogP contribution in [0.3, 0.4) is 0 Å². The molecule has 380 valence electrons. The highest BCUT2D eigenvalue weighted by molar-refractivity contribution is 5.72. The fourth-order valence-corrected chi connectivity index (χ4v) is 13.9. The average molecular weight is 943 g/mol. The van der Waals surface area contributed by atoms with E-state index in [0.29, 0.717) is 32.1 Å². The number of hydrogen-bond acceptors (Lipinski definition) is 17. The number of methoxy groups -OCH3 is 3. The Labute approximate surface area is 391 Å². The van der Waals surface area contributed by atoms with Gasteiger partial charge in [0.15, 0.2) is 18.9 Å². The van der Waals surface area contributed by atoms with Gasteiger partial charge in [-0.05, 0) is 109 Å². The van der Waals surface area contributed by atoms with Gasteiger partial charge in [0.1, 0.15) is 48.3 Å². The summed E-state index contributed by atoms with van der Waals surface area (Å²) >= 11 is 0. The third-order valence-corrected chi connectivity index (χ3v) is 18.2. The molecule has 3 saturated heterocycles. The number of carbonyl (C=O) groups is 2. The highest BCUT2D eigenvalue weighted by Gasteiger charge is 2.77. The maximum atomic E-state index is 13.0. The van der Waals surface area contributed by atoms with Crippen LogP contribution < -0.4 is 0 Å². The van der Waals surface area contributed by atoms with E-state index in [-0.39, 0.29) is 53.7 Å².